The summed E-state index contributed by atoms with van der Waals surface area (Å²) in [4.78, 5) is 13.2. The summed E-state index contributed by atoms with van der Waals surface area (Å²) in [6, 6.07) is -1.17. The molecule has 1 aliphatic rings. The summed E-state index contributed by atoms with van der Waals surface area (Å²) in [5.41, 5.74) is 0. The molecule has 0 radical (unpaired) electrons. The second-order valence-corrected chi connectivity index (χ2v) is 21.8. The van der Waals surface area contributed by atoms with E-state index in [4.69, 9.17) is 9.47 Å². The van der Waals surface area contributed by atoms with E-state index >= 15 is 0 Å². The molecule has 0 bridgehead atoms. The number of hydrogen-bond donors (Lipinski definition) is 8. The maximum atomic E-state index is 13.2. The zero-order valence-corrected chi connectivity index (χ0v) is 46.2. The highest BCUT2D eigenvalue weighted by molar-refractivity contribution is 5.80. The van der Waals surface area contributed by atoms with Crippen molar-refractivity contribution in [3.63, 3.8) is 0 Å². The van der Waals surface area contributed by atoms with Gasteiger partial charge in [0.25, 0.3) is 0 Å². The Morgan fingerprint density at radius 1 is 0.479 bits per heavy atom. The first-order chi connectivity index (χ1) is 34.7. The van der Waals surface area contributed by atoms with Crippen molar-refractivity contribution in [2.75, 3.05) is 13.2 Å². The molecule has 0 aromatic carbocycles. The molecule has 9 unspecified atom stereocenters. The van der Waals surface area contributed by atoms with E-state index in [2.05, 4.69) is 31.3 Å². The Balaban J connectivity index is 2.21. The van der Waals surface area contributed by atoms with Gasteiger partial charge in [0, 0.05) is 0 Å². The first-order valence-corrected chi connectivity index (χ1v) is 30.6. The molecule has 0 aromatic rings. The van der Waals surface area contributed by atoms with Crippen molar-refractivity contribution in [1.29, 1.82) is 0 Å². The van der Waals surface area contributed by atoms with Crippen LogP contribution in [0.25, 0.3) is 0 Å². The Hall–Kier alpha value is -1.15. The standard InChI is InChI=1S/C60H117NO10/c1-3-5-7-9-11-13-15-17-19-20-21-22-23-24-25-26-27-28-29-30-31-32-33-34-36-37-39-41-43-45-47-52(63)55(65)51(50-70-60-58(68)57(67)56(66)54(49-62)71-60)61-59(69)53(64)48-46-44-42-40-38-35-18-16-14-12-10-8-6-4-2/h14,16,51-58,60,62-68H,3-13,15,17-50H2,1-2H3,(H,61,69)/b16-14-. The topological polar surface area (TPSA) is 189 Å². The minimum absolute atomic E-state index is 0.255. The van der Waals surface area contributed by atoms with Gasteiger partial charge in [-0.3, -0.25) is 4.79 Å². The molecular weight excluding hydrogens is 895 g/mol. The lowest BCUT2D eigenvalue weighted by Gasteiger charge is -2.40. The number of carbonyl (C=O) groups excluding carboxylic acids is 1. The molecule has 8 N–H and O–H groups in total. The highest BCUT2D eigenvalue weighted by atomic mass is 16.7. The second-order valence-electron chi connectivity index (χ2n) is 21.8. The molecule has 71 heavy (non-hydrogen) atoms. The highest BCUT2D eigenvalue weighted by Gasteiger charge is 2.44. The van der Waals surface area contributed by atoms with Crippen LogP contribution in [0.3, 0.4) is 0 Å². The molecule has 1 fully saturated rings. The smallest absolute Gasteiger partial charge is 0.249 e. The van der Waals surface area contributed by atoms with Crippen molar-refractivity contribution in [3.05, 3.63) is 12.2 Å². The van der Waals surface area contributed by atoms with Crippen LogP contribution in [0.4, 0.5) is 0 Å². The third-order valence-corrected chi connectivity index (χ3v) is 15.1. The lowest BCUT2D eigenvalue weighted by atomic mass is 9.98. The van der Waals surface area contributed by atoms with E-state index < -0.39 is 74.2 Å². The Kier molecular flexibility index (Phi) is 47.5. The molecule has 9 atom stereocenters. The second kappa shape index (κ2) is 49.7. The average Bonchev–Trinajstić information content (AvgIpc) is 3.37. The molecule has 11 heteroatoms. The van der Waals surface area contributed by atoms with Crippen molar-refractivity contribution < 1.29 is 50.0 Å². The molecule has 0 aromatic heterocycles. The number of ether oxygens (including phenoxy) is 2. The summed E-state index contributed by atoms with van der Waals surface area (Å²) in [7, 11) is 0. The van der Waals surface area contributed by atoms with Crippen molar-refractivity contribution in [1.82, 2.24) is 5.32 Å². The Labute approximate surface area is 436 Å². The van der Waals surface area contributed by atoms with E-state index in [1.54, 1.807) is 0 Å². The summed E-state index contributed by atoms with van der Waals surface area (Å²) < 4.78 is 11.1. The Bertz CT molecular complexity index is 1160. The fourth-order valence-electron chi connectivity index (χ4n) is 10.1. The SMILES string of the molecule is CCCCCC/C=C\CCCCCCCCC(O)C(=O)NC(COC1OC(CO)C(O)C(O)C1O)C(O)C(O)CCCCCCCCCCCCCCCCCCCCCCCCCCCCCCCC. The zero-order chi connectivity index (χ0) is 51.8. The predicted octanol–water partition coefficient (Wildman–Crippen LogP) is 13.1. The summed E-state index contributed by atoms with van der Waals surface area (Å²) in [6.45, 7) is 3.47. The van der Waals surface area contributed by atoms with Gasteiger partial charge in [-0.05, 0) is 38.5 Å². The van der Waals surface area contributed by atoms with Crippen molar-refractivity contribution in [3.8, 4) is 0 Å². The molecule has 1 saturated heterocycles. The van der Waals surface area contributed by atoms with Gasteiger partial charge in [0.15, 0.2) is 6.29 Å². The maximum absolute atomic E-state index is 13.2. The van der Waals surface area contributed by atoms with Crippen LogP contribution < -0.4 is 5.32 Å². The zero-order valence-electron chi connectivity index (χ0n) is 46.2. The monoisotopic (exact) mass is 1010 g/mol. The quantitative estimate of drug-likeness (QED) is 0.0215. The van der Waals surface area contributed by atoms with Crippen molar-refractivity contribution in [2.24, 2.45) is 0 Å². The number of allylic oxidation sites excluding steroid dienone is 2. The van der Waals surface area contributed by atoms with Crippen molar-refractivity contribution in [2.45, 2.75) is 351 Å². The molecular formula is C60H117NO10. The van der Waals surface area contributed by atoms with Crippen LogP contribution in [0, 0.1) is 0 Å². The highest BCUT2D eigenvalue weighted by Crippen LogP contribution is 2.24. The maximum Gasteiger partial charge on any atom is 0.249 e. The van der Waals surface area contributed by atoms with Crippen molar-refractivity contribution >= 4 is 5.91 Å². The molecule has 422 valence electrons. The number of aliphatic hydroxyl groups excluding tert-OH is 7. The van der Waals surface area contributed by atoms with E-state index in [0.717, 1.165) is 57.8 Å². The number of amides is 1. The summed E-state index contributed by atoms with van der Waals surface area (Å²) in [5, 5.41) is 76.1. The largest absolute Gasteiger partial charge is 0.394 e. The number of nitrogens with one attached hydrogen (secondary N) is 1. The van der Waals surface area contributed by atoms with E-state index in [9.17, 15) is 40.5 Å². The van der Waals surface area contributed by atoms with Gasteiger partial charge in [0.1, 0.15) is 36.6 Å². The van der Waals surface area contributed by atoms with Crippen LogP contribution in [0.1, 0.15) is 296 Å². The van der Waals surface area contributed by atoms with Crippen LogP contribution in [0.15, 0.2) is 12.2 Å². The van der Waals surface area contributed by atoms with Gasteiger partial charge >= 0.3 is 0 Å². The van der Waals surface area contributed by atoms with Crippen LogP contribution in [0.5, 0.6) is 0 Å². The van der Waals surface area contributed by atoms with Gasteiger partial charge in [-0.2, -0.15) is 0 Å². The van der Waals surface area contributed by atoms with Crippen LogP contribution in [0.2, 0.25) is 0 Å². The minimum atomic E-state index is -1.66. The summed E-state index contributed by atoms with van der Waals surface area (Å²) in [6.07, 6.45) is 47.1. The Morgan fingerprint density at radius 3 is 1.20 bits per heavy atom. The lowest BCUT2D eigenvalue weighted by Crippen LogP contribution is -2.60. The molecule has 0 aliphatic carbocycles. The predicted molar refractivity (Wildman–Crippen MR) is 293 cm³/mol. The van der Waals surface area contributed by atoms with Gasteiger partial charge in [-0.15, -0.1) is 0 Å². The lowest BCUT2D eigenvalue weighted by molar-refractivity contribution is -0.303. The molecule has 1 heterocycles. The Morgan fingerprint density at radius 2 is 0.817 bits per heavy atom. The molecule has 1 amide bonds. The molecule has 11 nitrogen and oxygen atoms in total. The number of aliphatic hydroxyl groups is 7. The van der Waals surface area contributed by atoms with Gasteiger partial charge in [0.05, 0.1) is 25.4 Å². The first kappa shape index (κ1) is 67.9. The number of rotatable bonds is 53. The van der Waals surface area contributed by atoms with Crippen LogP contribution in [-0.4, -0.2) is 110 Å². The van der Waals surface area contributed by atoms with Crippen LogP contribution in [-0.2, 0) is 14.3 Å². The van der Waals surface area contributed by atoms with Crippen LogP contribution >= 0.6 is 0 Å². The molecule has 1 aliphatic heterocycles. The van der Waals surface area contributed by atoms with Gasteiger partial charge in [0.2, 0.25) is 5.91 Å². The molecule has 0 saturated carbocycles. The van der Waals surface area contributed by atoms with Gasteiger partial charge < -0.3 is 50.5 Å². The average molecular weight is 1010 g/mol. The summed E-state index contributed by atoms with van der Waals surface area (Å²) >= 11 is 0. The van der Waals surface area contributed by atoms with Gasteiger partial charge in [-0.1, -0.05) is 270 Å². The third kappa shape index (κ3) is 38.1. The number of unbranched alkanes of at least 4 members (excludes halogenated alkanes) is 39. The van der Waals surface area contributed by atoms with Gasteiger partial charge in [-0.25, -0.2) is 0 Å². The molecule has 0 spiro atoms. The van der Waals surface area contributed by atoms with E-state index in [1.807, 2.05) is 0 Å². The van der Waals surface area contributed by atoms with E-state index in [1.165, 1.54) is 199 Å². The fraction of sp³-hybridized carbons (Fsp3) is 0.950. The summed E-state index contributed by atoms with van der Waals surface area (Å²) in [5.74, 6) is -0.698. The van der Waals surface area contributed by atoms with E-state index in [-0.39, 0.29) is 6.42 Å². The molecule has 1 rings (SSSR count). The minimum Gasteiger partial charge on any atom is -0.394 e. The number of carbonyl (C=O) groups is 1. The normalized spacial score (nSPS) is 20.2. The fourth-order valence-corrected chi connectivity index (χ4v) is 10.1. The third-order valence-electron chi connectivity index (χ3n) is 15.1. The van der Waals surface area contributed by atoms with E-state index in [0.29, 0.717) is 19.3 Å². The number of hydrogen-bond acceptors (Lipinski definition) is 10. The first-order valence-electron chi connectivity index (χ1n) is 30.6.